The number of nitrogens with zero attached hydrogens (tertiary/aromatic N) is 1. The fourth-order valence-corrected chi connectivity index (χ4v) is 4.07. The van der Waals surface area contributed by atoms with E-state index in [1.54, 1.807) is 0 Å². The second-order valence-electron chi connectivity index (χ2n) is 7.14. The third-order valence-corrected chi connectivity index (χ3v) is 6.86. The number of methoxy groups -OCH3 is 1. The molecule has 0 aliphatic heterocycles. The Morgan fingerprint density at radius 1 is 1.12 bits per heavy atom. The van der Waals surface area contributed by atoms with Crippen molar-refractivity contribution in [3.63, 3.8) is 0 Å². The molecule has 1 N–H and O–H groups in total. The van der Waals surface area contributed by atoms with Gasteiger partial charge in [0.15, 0.2) is 0 Å². The van der Waals surface area contributed by atoms with E-state index in [1.165, 1.54) is 39.4 Å². The van der Waals surface area contributed by atoms with Gasteiger partial charge in [0, 0.05) is 20.6 Å². The molecule has 2 aromatic rings. The van der Waals surface area contributed by atoms with Crippen LogP contribution in [0.25, 0.3) is 0 Å². The number of ether oxygens (including phenoxy) is 2. The summed E-state index contributed by atoms with van der Waals surface area (Å²) in [7, 11) is 0.332. The van der Waals surface area contributed by atoms with Gasteiger partial charge >= 0.3 is 5.97 Å². The average Bonchev–Trinajstić information content (AvgIpc) is 2.77. The van der Waals surface area contributed by atoms with Crippen LogP contribution in [0.15, 0.2) is 47.4 Å². The molecule has 0 aliphatic carbocycles. The van der Waals surface area contributed by atoms with Crippen molar-refractivity contribution in [1.82, 2.24) is 9.62 Å². The van der Waals surface area contributed by atoms with Crippen molar-refractivity contribution in [3.05, 3.63) is 58.6 Å². The number of rotatable bonds is 10. The molecule has 1 unspecified atom stereocenters. The van der Waals surface area contributed by atoms with E-state index < -0.39 is 27.8 Å². The van der Waals surface area contributed by atoms with Gasteiger partial charge in [-0.15, -0.1) is 0 Å². The lowest BCUT2D eigenvalue weighted by molar-refractivity contribution is -0.145. The Morgan fingerprint density at radius 2 is 1.78 bits per heavy atom. The number of carbonyl (C=O) groups excluding carboxylic acids is 2. The lowest BCUT2D eigenvalue weighted by Gasteiger charge is -2.17. The van der Waals surface area contributed by atoms with Crippen LogP contribution in [0, 0.1) is 5.92 Å². The van der Waals surface area contributed by atoms with E-state index in [2.05, 4.69) is 5.32 Å². The molecular weight excluding hydrogens is 456 g/mol. The third-order valence-electron chi connectivity index (χ3n) is 4.72. The fraction of sp³-hybridized carbons (Fsp3) is 0.364. The van der Waals surface area contributed by atoms with Gasteiger partial charge in [0.1, 0.15) is 5.75 Å². The molecule has 0 fully saturated rings. The molecular formula is C22H27ClN2O6S. The van der Waals surface area contributed by atoms with Gasteiger partial charge in [-0.3, -0.25) is 9.59 Å². The highest BCUT2D eigenvalue weighted by Crippen LogP contribution is 2.22. The van der Waals surface area contributed by atoms with E-state index in [0.29, 0.717) is 13.0 Å². The standard InChI is InChI=1S/C22H27ClN2O6S/c1-5-31-17-8-6-15(7-9-17)12-16(22(27)30-4)14-24-21(26)19-13-18(10-11-20(19)23)32(28,29)25(2)3/h6-11,13,16H,5,12,14H2,1-4H3,(H,24,26). The molecule has 0 aliphatic rings. The molecule has 32 heavy (non-hydrogen) atoms. The average molecular weight is 483 g/mol. The SMILES string of the molecule is CCOc1ccc(CC(CNC(=O)c2cc(S(=O)(=O)N(C)C)ccc2Cl)C(=O)OC)cc1. The Hall–Kier alpha value is -2.62. The maximum absolute atomic E-state index is 12.7. The van der Waals surface area contributed by atoms with Gasteiger partial charge in [0.05, 0.1) is 35.1 Å². The van der Waals surface area contributed by atoms with Crippen LogP contribution >= 0.6 is 11.6 Å². The van der Waals surface area contributed by atoms with Gasteiger partial charge in [0.2, 0.25) is 10.0 Å². The van der Waals surface area contributed by atoms with Crippen molar-refractivity contribution in [2.75, 3.05) is 34.4 Å². The first-order valence-corrected chi connectivity index (χ1v) is 11.7. The quantitative estimate of drug-likeness (QED) is 0.522. The largest absolute Gasteiger partial charge is 0.494 e. The summed E-state index contributed by atoms with van der Waals surface area (Å²) >= 11 is 6.12. The smallest absolute Gasteiger partial charge is 0.310 e. The molecule has 2 aromatic carbocycles. The molecule has 0 spiro atoms. The molecule has 0 bridgehead atoms. The summed E-state index contributed by atoms with van der Waals surface area (Å²) in [6.07, 6.45) is 0.335. The maximum Gasteiger partial charge on any atom is 0.310 e. The summed E-state index contributed by atoms with van der Waals surface area (Å²) in [6.45, 7) is 2.43. The van der Waals surface area contributed by atoms with E-state index in [9.17, 15) is 18.0 Å². The molecule has 10 heteroatoms. The number of benzene rings is 2. The van der Waals surface area contributed by atoms with Crippen LogP contribution in [-0.4, -0.2) is 59.0 Å². The fourth-order valence-electron chi connectivity index (χ4n) is 2.94. The van der Waals surface area contributed by atoms with Crippen LogP contribution in [0.2, 0.25) is 5.02 Å². The molecule has 0 heterocycles. The van der Waals surface area contributed by atoms with Crippen molar-refractivity contribution in [2.45, 2.75) is 18.2 Å². The van der Waals surface area contributed by atoms with Crippen LogP contribution in [0.4, 0.5) is 0 Å². The highest BCUT2D eigenvalue weighted by molar-refractivity contribution is 7.89. The molecule has 0 aromatic heterocycles. The normalized spacial score (nSPS) is 12.3. The number of amides is 1. The molecule has 2 rings (SSSR count). The topological polar surface area (TPSA) is 102 Å². The number of hydrogen-bond acceptors (Lipinski definition) is 6. The summed E-state index contributed by atoms with van der Waals surface area (Å²) in [5.41, 5.74) is 0.870. The van der Waals surface area contributed by atoms with E-state index in [1.807, 2.05) is 31.2 Å². The van der Waals surface area contributed by atoms with Crippen molar-refractivity contribution in [2.24, 2.45) is 5.92 Å². The molecule has 174 valence electrons. The zero-order chi connectivity index (χ0) is 23.9. The maximum atomic E-state index is 12.7. The first-order valence-electron chi connectivity index (χ1n) is 9.90. The molecule has 8 nitrogen and oxygen atoms in total. The second-order valence-corrected chi connectivity index (χ2v) is 9.70. The summed E-state index contributed by atoms with van der Waals surface area (Å²) in [5, 5.41) is 2.76. The van der Waals surface area contributed by atoms with Crippen LogP contribution in [0.3, 0.4) is 0 Å². The number of sulfonamides is 1. The highest BCUT2D eigenvalue weighted by Gasteiger charge is 2.24. The van der Waals surface area contributed by atoms with E-state index in [4.69, 9.17) is 21.1 Å². The first kappa shape index (κ1) is 25.6. The summed E-state index contributed by atoms with van der Waals surface area (Å²) in [6, 6.07) is 11.2. The number of nitrogens with one attached hydrogen (secondary N) is 1. The first-order chi connectivity index (χ1) is 15.1. The van der Waals surface area contributed by atoms with Gasteiger partial charge < -0.3 is 14.8 Å². The molecule has 0 saturated heterocycles. The van der Waals surface area contributed by atoms with Crippen LogP contribution in [0.5, 0.6) is 5.75 Å². The zero-order valence-corrected chi connectivity index (χ0v) is 20.0. The van der Waals surface area contributed by atoms with Crippen LogP contribution in [0.1, 0.15) is 22.8 Å². The zero-order valence-electron chi connectivity index (χ0n) is 18.4. The summed E-state index contributed by atoms with van der Waals surface area (Å²) in [5.74, 6) is -0.989. The number of esters is 1. The monoisotopic (exact) mass is 482 g/mol. The van der Waals surface area contributed by atoms with Gasteiger partial charge in [-0.05, 0) is 49.2 Å². The van der Waals surface area contributed by atoms with Crippen molar-refractivity contribution < 1.29 is 27.5 Å². The van der Waals surface area contributed by atoms with Gasteiger partial charge in [-0.1, -0.05) is 23.7 Å². The predicted octanol–water partition coefficient (Wildman–Crippen LogP) is 2.75. The number of carbonyl (C=O) groups is 2. The van der Waals surface area contributed by atoms with Gasteiger partial charge in [-0.25, -0.2) is 12.7 Å². The van der Waals surface area contributed by atoms with E-state index in [0.717, 1.165) is 15.6 Å². The third kappa shape index (κ3) is 6.44. The second kappa shape index (κ2) is 11.3. The Labute approximate surface area is 193 Å². The van der Waals surface area contributed by atoms with Crippen molar-refractivity contribution >= 4 is 33.5 Å². The van der Waals surface area contributed by atoms with Gasteiger partial charge in [0.25, 0.3) is 5.91 Å². The van der Waals surface area contributed by atoms with E-state index in [-0.39, 0.29) is 22.0 Å². The Kier molecular flexibility index (Phi) is 9.06. The van der Waals surface area contributed by atoms with Crippen molar-refractivity contribution in [3.8, 4) is 5.75 Å². The number of halogens is 1. The highest BCUT2D eigenvalue weighted by atomic mass is 35.5. The molecule has 1 amide bonds. The summed E-state index contributed by atoms with van der Waals surface area (Å²) < 4.78 is 36.1. The van der Waals surface area contributed by atoms with E-state index >= 15 is 0 Å². The van der Waals surface area contributed by atoms with Crippen LogP contribution < -0.4 is 10.1 Å². The lowest BCUT2D eigenvalue weighted by Crippen LogP contribution is -2.35. The minimum Gasteiger partial charge on any atom is -0.494 e. The Bertz CT molecular complexity index is 1050. The minimum atomic E-state index is -3.74. The lowest BCUT2D eigenvalue weighted by atomic mass is 9.99. The van der Waals surface area contributed by atoms with Gasteiger partial charge in [-0.2, -0.15) is 0 Å². The number of hydrogen-bond donors (Lipinski definition) is 1. The van der Waals surface area contributed by atoms with Crippen molar-refractivity contribution in [1.29, 1.82) is 0 Å². The predicted molar refractivity (Wildman–Crippen MR) is 121 cm³/mol. The molecule has 1 atom stereocenters. The summed E-state index contributed by atoms with van der Waals surface area (Å²) in [4.78, 5) is 24.9. The molecule has 0 radical (unpaired) electrons. The molecule has 0 saturated carbocycles. The van der Waals surface area contributed by atoms with Crippen LogP contribution in [-0.2, 0) is 26.0 Å². The minimum absolute atomic E-state index is 0.000671. The Morgan fingerprint density at radius 3 is 2.34 bits per heavy atom. The Balaban J connectivity index is 2.16.